The summed E-state index contributed by atoms with van der Waals surface area (Å²) in [5.74, 6) is 0.871. The fourth-order valence-electron chi connectivity index (χ4n) is 2.80. The monoisotopic (exact) mass is 323 g/mol. The van der Waals surface area contributed by atoms with Crippen molar-refractivity contribution in [2.75, 3.05) is 25.5 Å². The van der Waals surface area contributed by atoms with E-state index in [1.807, 2.05) is 25.1 Å². The molecule has 0 atom stereocenters. The highest BCUT2D eigenvalue weighted by Gasteiger charge is 2.17. The molecule has 1 aliphatic carbocycles. The third-order valence-corrected chi connectivity index (χ3v) is 6.32. The smallest absolute Gasteiger partial charge is 0.261 e. The lowest BCUT2D eigenvalue weighted by Crippen LogP contribution is -2.24. The molecule has 1 N–H and O–H groups in total. The first kappa shape index (κ1) is 14.8. The molecule has 0 radical (unpaired) electrons. The van der Waals surface area contributed by atoms with Crippen LogP contribution in [0.5, 0.6) is 0 Å². The summed E-state index contributed by atoms with van der Waals surface area (Å²) in [4.78, 5) is 20.5. The van der Waals surface area contributed by atoms with Crippen LogP contribution < -0.4 is 10.2 Å². The summed E-state index contributed by atoms with van der Waals surface area (Å²) in [6, 6.07) is 1.97. The zero-order valence-corrected chi connectivity index (χ0v) is 14.1. The predicted molar refractivity (Wildman–Crippen MR) is 90.7 cm³/mol. The maximum absolute atomic E-state index is 12.2. The van der Waals surface area contributed by atoms with Gasteiger partial charge >= 0.3 is 0 Å². The number of thiophene rings is 1. The summed E-state index contributed by atoms with van der Waals surface area (Å²) in [6.45, 7) is 0.797. The molecule has 0 spiro atoms. The number of nitrogens with one attached hydrogen (secondary N) is 1. The molecule has 2 aromatic heterocycles. The van der Waals surface area contributed by atoms with Gasteiger partial charge in [-0.25, -0.2) is 4.98 Å². The number of fused-ring (bicyclic) bond motifs is 1. The Morgan fingerprint density at radius 1 is 1.38 bits per heavy atom. The molecule has 21 heavy (non-hydrogen) atoms. The van der Waals surface area contributed by atoms with Gasteiger partial charge in [0.15, 0.2) is 5.13 Å². The second kappa shape index (κ2) is 6.32. The topological polar surface area (TPSA) is 45.2 Å². The summed E-state index contributed by atoms with van der Waals surface area (Å²) in [7, 11) is 3.97. The van der Waals surface area contributed by atoms with Crippen molar-refractivity contribution < 1.29 is 4.79 Å². The summed E-state index contributed by atoms with van der Waals surface area (Å²) in [5.41, 5.74) is 0. The summed E-state index contributed by atoms with van der Waals surface area (Å²) in [6.07, 6.45) is 6.51. The molecule has 2 aromatic rings. The molecule has 114 valence electrons. The Hall–Kier alpha value is -1.14. The van der Waals surface area contributed by atoms with Crippen molar-refractivity contribution in [3.63, 3.8) is 0 Å². The molecular weight excluding hydrogens is 302 g/mol. The van der Waals surface area contributed by atoms with Gasteiger partial charge in [0.05, 0.1) is 9.58 Å². The van der Waals surface area contributed by atoms with E-state index in [4.69, 9.17) is 0 Å². The molecule has 1 amide bonds. The molecule has 0 saturated heterocycles. The van der Waals surface area contributed by atoms with Gasteiger partial charge in [-0.2, -0.15) is 0 Å². The first-order valence-electron chi connectivity index (χ1n) is 7.49. The summed E-state index contributed by atoms with van der Waals surface area (Å²) in [5, 5.41) is 4.04. The van der Waals surface area contributed by atoms with Crippen LogP contribution in [0.3, 0.4) is 0 Å². The highest BCUT2D eigenvalue weighted by Crippen LogP contribution is 2.34. The van der Waals surface area contributed by atoms with Crippen LogP contribution in [0, 0.1) is 5.92 Å². The lowest BCUT2D eigenvalue weighted by Gasteiger charge is -2.09. The Labute approximate surface area is 133 Å². The van der Waals surface area contributed by atoms with E-state index in [1.165, 1.54) is 37.0 Å². The number of carbonyl (C=O) groups excluding carboxylic acids is 1. The maximum Gasteiger partial charge on any atom is 0.261 e. The van der Waals surface area contributed by atoms with Crippen LogP contribution >= 0.6 is 22.7 Å². The van der Waals surface area contributed by atoms with Crippen molar-refractivity contribution in [1.82, 2.24) is 10.3 Å². The SMILES string of the molecule is CN(C)c1nc2sc(C(=O)NCCC3CCCC3)cc2s1. The molecule has 0 aliphatic heterocycles. The van der Waals surface area contributed by atoms with Crippen LogP contribution in [-0.2, 0) is 0 Å². The standard InChI is InChI=1S/C15H21N3OS2/c1-18(2)15-17-14-12(21-15)9-11(20-14)13(19)16-8-7-10-5-3-4-6-10/h9-10H,3-8H2,1-2H3,(H,16,19). The number of aromatic nitrogens is 1. The van der Waals surface area contributed by atoms with Gasteiger partial charge in [0.2, 0.25) is 0 Å². The van der Waals surface area contributed by atoms with Crippen molar-refractivity contribution in [1.29, 1.82) is 0 Å². The van der Waals surface area contributed by atoms with E-state index in [0.29, 0.717) is 0 Å². The predicted octanol–water partition coefficient (Wildman–Crippen LogP) is 3.73. The Balaban J connectivity index is 1.57. The normalized spacial score (nSPS) is 15.7. The van der Waals surface area contributed by atoms with Crippen LogP contribution in [0.2, 0.25) is 0 Å². The first-order chi connectivity index (χ1) is 10.1. The van der Waals surface area contributed by atoms with E-state index in [1.54, 1.807) is 11.3 Å². The van der Waals surface area contributed by atoms with E-state index in [0.717, 1.165) is 38.4 Å². The molecule has 0 aromatic carbocycles. The van der Waals surface area contributed by atoms with Crippen molar-refractivity contribution in [2.45, 2.75) is 32.1 Å². The summed E-state index contributed by atoms with van der Waals surface area (Å²) >= 11 is 3.12. The van der Waals surface area contributed by atoms with Gasteiger partial charge in [-0.15, -0.1) is 11.3 Å². The number of carbonyl (C=O) groups is 1. The Bertz CT molecular complexity index is 594. The average molecular weight is 323 g/mol. The number of hydrogen-bond acceptors (Lipinski definition) is 5. The van der Waals surface area contributed by atoms with Crippen molar-refractivity contribution in [3.05, 3.63) is 10.9 Å². The van der Waals surface area contributed by atoms with Gasteiger partial charge < -0.3 is 10.2 Å². The largest absolute Gasteiger partial charge is 0.354 e. The number of hydrogen-bond donors (Lipinski definition) is 1. The molecule has 4 nitrogen and oxygen atoms in total. The minimum Gasteiger partial charge on any atom is -0.354 e. The molecule has 2 heterocycles. The Morgan fingerprint density at radius 3 is 2.81 bits per heavy atom. The number of amides is 1. The quantitative estimate of drug-likeness (QED) is 0.912. The van der Waals surface area contributed by atoms with Crippen molar-refractivity contribution in [3.8, 4) is 0 Å². The van der Waals surface area contributed by atoms with E-state index in [9.17, 15) is 4.79 Å². The van der Waals surface area contributed by atoms with Gasteiger partial charge in [0, 0.05) is 20.6 Å². The summed E-state index contributed by atoms with van der Waals surface area (Å²) < 4.78 is 1.10. The van der Waals surface area contributed by atoms with Gasteiger partial charge in [-0.05, 0) is 18.4 Å². The zero-order chi connectivity index (χ0) is 14.8. The van der Waals surface area contributed by atoms with Crippen LogP contribution in [-0.4, -0.2) is 31.5 Å². The van der Waals surface area contributed by atoms with Gasteiger partial charge in [-0.1, -0.05) is 37.0 Å². The molecule has 0 unspecified atom stereocenters. The van der Waals surface area contributed by atoms with Crippen LogP contribution in [0.1, 0.15) is 41.8 Å². The molecular formula is C15H21N3OS2. The number of anilines is 1. The van der Waals surface area contributed by atoms with Crippen molar-refractivity contribution in [2.24, 2.45) is 5.92 Å². The van der Waals surface area contributed by atoms with Gasteiger partial charge in [-0.3, -0.25) is 4.79 Å². The molecule has 1 aliphatic rings. The minimum atomic E-state index is 0.0506. The first-order valence-corrected chi connectivity index (χ1v) is 9.12. The van der Waals surface area contributed by atoms with E-state index in [2.05, 4.69) is 10.3 Å². The molecule has 3 rings (SSSR count). The van der Waals surface area contributed by atoms with Crippen molar-refractivity contribution >= 4 is 43.2 Å². The molecule has 1 saturated carbocycles. The fraction of sp³-hybridized carbons (Fsp3) is 0.600. The van der Waals surface area contributed by atoms with E-state index < -0.39 is 0 Å². The second-order valence-corrected chi connectivity index (χ2v) is 7.91. The third-order valence-electron chi connectivity index (χ3n) is 4.00. The Morgan fingerprint density at radius 2 is 2.14 bits per heavy atom. The average Bonchev–Trinajstić information content (AvgIpc) is 3.13. The minimum absolute atomic E-state index is 0.0506. The molecule has 0 bridgehead atoms. The van der Waals surface area contributed by atoms with Crippen LogP contribution in [0.4, 0.5) is 5.13 Å². The highest BCUT2D eigenvalue weighted by atomic mass is 32.1. The molecule has 6 heteroatoms. The fourth-order valence-corrected chi connectivity index (χ4v) is 4.85. The van der Waals surface area contributed by atoms with Gasteiger partial charge in [0.1, 0.15) is 4.83 Å². The lowest BCUT2D eigenvalue weighted by atomic mass is 10.0. The van der Waals surface area contributed by atoms with Crippen LogP contribution in [0.25, 0.3) is 9.53 Å². The maximum atomic E-state index is 12.2. The molecule has 1 fully saturated rings. The lowest BCUT2D eigenvalue weighted by molar-refractivity contribution is 0.0955. The zero-order valence-electron chi connectivity index (χ0n) is 12.5. The van der Waals surface area contributed by atoms with Gasteiger partial charge in [0.25, 0.3) is 5.91 Å². The van der Waals surface area contributed by atoms with E-state index in [-0.39, 0.29) is 5.91 Å². The number of rotatable bonds is 5. The number of nitrogens with zero attached hydrogens (tertiary/aromatic N) is 2. The highest BCUT2D eigenvalue weighted by molar-refractivity contribution is 7.29. The number of thiazole rings is 1. The van der Waals surface area contributed by atoms with Crippen LogP contribution in [0.15, 0.2) is 6.07 Å². The Kier molecular flexibility index (Phi) is 4.45. The third kappa shape index (κ3) is 3.37. The second-order valence-electron chi connectivity index (χ2n) is 5.87. The van der Waals surface area contributed by atoms with E-state index >= 15 is 0 Å².